The first kappa shape index (κ1) is 9.67. The molecule has 0 N–H and O–H groups in total. The van der Waals surface area contributed by atoms with Gasteiger partial charge in [0.15, 0.2) is 0 Å². The van der Waals surface area contributed by atoms with E-state index in [-0.39, 0.29) is 0 Å². The van der Waals surface area contributed by atoms with E-state index in [1.807, 2.05) is 0 Å². The largest absolute Gasteiger partial charge is 0.240 e. The summed E-state index contributed by atoms with van der Waals surface area (Å²) in [4.78, 5) is 0. The fourth-order valence-electron chi connectivity index (χ4n) is 0.840. The van der Waals surface area contributed by atoms with Crippen molar-refractivity contribution in [1.82, 2.24) is 0 Å². The standard InChI is InChI=1S/C9H20N/c1-5-7-8-10(4)9(3)6-2/h9H,4-8H2,1-3H3/q+1. The average molecular weight is 142 g/mol. The molecule has 0 amide bonds. The van der Waals surface area contributed by atoms with Gasteiger partial charge in [0.2, 0.25) is 0 Å². The van der Waals surface area contributed by atoms with E-state index < -0.39 is 0 Å². The van der Waals surface area contributed by atoms with Crippen LogP contribution in [0, 0.1) is 0 Å². The molecular formula is C9H20N+. The SMILES string of the molecule is C=[N+](CCCC)C(C)CC. The first-order valence-electron chi connectivity index (χ1n) is 4.29. The van der Waals surface area contributed by atoms with E-state index in [4.69, 9.17) is 0 Å². The van der Waals surface area contributed by atoms with Crippen LogP contribution in [0.4, 0.5) is 0 Å². The Morgan fingerprint density at radius 3 is 2.40 bits per heavy atom. The number of rotatable bonds is 5. The second-order valence-electron chi connectivity index (χ2n) is 2.92. The lowest BCUT2D eigenvalue weighted by atomic mass is 10.2. The fraction of sp³-hybridized carbons (Fsp3) is 0.889. The minimum atomic E-state index is 0.645. The third-order valence-electron chi connectivity index (χ3n) is 2.01. The van der Waals surface area contributed by atoms with Gasteiger partial charge in [-0.15, -0.1) is 0 Å². The maximum Gasteiger partial charge on any atom is 0.149 e. The zero-order valence-corrected chi connectivity index (χ0v) is 7.56. The van der Waals surface area contributed by atoms with Gasteiger partial charge in [-0.2, -0.15) is 0 Å². The Labute approximate surface area is 64.8 Å². The van der Waals surface area contributed by atoms with Gasteiger partial charge in [0.05, 0.1) is 0 Å². The van der Waals surface area contributed by atoms with Crippen LogP contribution in [-0.2, 0) is 0 Å². The molecule has 0 heterocycles. The Morgan fingerprint density at radius 1 is 1.40 bits per heavy atom. The minimum absolute atomic E-state index is 0.645. The lowest BCUT2D eigenvalue weighted by molar-refractivity contribution is -0.555. The molecule has 0 aliphatic heterocycles. The third-order valence-corrected chi connectivity index (χ3v) is 2.01. The predicted molar refractivity (Wildman–Crippen MR) is 46.9 cm³/mol. The summed E-state index contributed by atoms with van der Waals surface area (Å²) < 4.78 is 2.18. The van der Waals surface area contributed by atoms with Gasteiger partial charge in [-0.25, -0.2) is 4.58 Å². The molecule has 1 atom stereocenters. The van der Waals surface area contributed by atoms with Crippen molar-refractivity contribution < 1.29 is 4.58 Å². The van der Waals surface area contributed by atoms with Crippen LogP contribution >= 0.6 is 0 Å². The van der Waals surface area contributed by atoms with E-state index in [0.29, 0.717) is 6.04 Å². The zero-order chi connectivity index (χ0) is 7.98. The van der Waals surface area contributed by atoms with Gasteiger partial charge in [0.1, 0.15) is 19.3 Å². The second-order valence-corrected chi connectivity index (χ2v) is 2.92. The molecule has 10 heavy (non-hydrogen) atoms. The van der Waals surface area contributed by atoms with Crippen molar-refractivity contribution in [3.05, 3.63) is 0 Å². The smallest absolute Gasteiger partial charge is 0.149 e. The summed E-state index contributed by atoms with van der Waals surface area (Å²) in [5.41, 5.74) is 0. The fourth-order valence-corrected chi connectivity index (χ4v) is 0.840. The molecule has 0 fully saturated rings. The molecule has 0 aliphatic rings. The Kier molecular flexibility index (Phi) is 5.27. The van der Waals surface area contributed by atoms with Crippen LogP contribution in [0.5, 0.6) is 0 Å². The number of hydrogen-bond acceptors (Lipinski definition) is 0. The molecular weight excluding hydrogens is 122 g/mol. The molecule has 0 bridgehead atoms. The highest BCUT2D eigenvalue weighted by atomic mass is 15.0. The molecule has 0 saturated carbocycles. The van der Waals surface area contributed by atoms with Gasteiger partial charge in [-0.1, -0.05) is 20.3 Å². The van der Waals surface area contributed by atoms with Crippen molar-refractivity contribution in [2.45, 2.75) is 46.1 Å². The van der Waals surface area contributed by atoms with Crippen LogP contribution < -0.4 is 0 Å². The van der Waals surface area contributed by atoms with Gasteiger partial charge in [0.25, 0.3) is 0 Å². The van der Waals surface area contributed by atoms with E-state index >= 15 is 0 Å². The molecule has 1 unspecified atom stereocenters. The zero-order valence-electron chi connectivity index (χ0n) is 7.56. The van der Waals surface area contributed by atoms with Crippen LogP contribution in [0.3, 0.4) is 0 Å². The number of hydrogen-bond donors (Lipinski definition) is 0. The molecule has 1 heteroatoms. The maximum absolute atomic E-state index is 3.98. The molecule has 0 spiro atoms. The normalized spacial score (nSPS) is 13.1. The molecule has 0 aromatic rings. The number of unbranched alkanes of at least 4 members (excludes halogenated alkanes) is 1. The Hall–Kier alpha value is -0.330. The Morgan fingerprint density at radius 2 is 2.00 bits per heavy atom. The topological polar surface area (TPSA) is 3.01 Å². The highest BCUT2D eigenvalue weighted by Gasteiger charge is 2.07. The van der Waals surface area contributed by atoms with Gasteiger partial charge in [-0.05, 0) is 6.92 Å². The van der Waals surface area contributed by atoms with E-state index in [9.17, 15) is 0 Å². The lowest BCUT2D eigenvalue weighted by Crippen LogP contribution is -2.21. The summed E-state index contributed by atoms with van der Waals surface area (Å²) in [6.45, 7) is 11.8. The van der Waals surface area contributed by atoms with Gasteiger partial charge < -0.3 is 0 Å². The van der Waals surface area contributed by atoms with Crippen molar-refractivity contribution in [1.29, 1.82) is 0 Å². The highest BCUT2D eigenvalue weighted by Crippen LogP contribution is 1.96. The third kappa shape index (κ3) is 3.65. The van der Waals surface area contributed by atoms with Crippen molar-refractivity contribution >= 4 is 6.72 Å². The van der Waals surface area contributed by atoms with Crippen molar-refractivity contribution in [2.75, 3.05) is 6.54 Å². The molecule has 60 valence electrons. The Bertz CT molecular complexity index is 96.9. The molecule has 0 radical (unpaired) electrons. The summed E-state index contributed by atoms with van der Waals surface area (Å²) in [6.07, 6.45) is 3.74. The molecule has 0 aromatic heterocycles. The molecule has 0 saturated heterocycles. The highest BCUT2D eigenvalue weighted by molar-refractivity contribution is 5.14. The molecule has 0 aliphatic carbocycles. The lowest BCUT2D eigenvalue weighted by Gasteiger charge is -2.06. The minimum Gasteiger partial charge on any atom is -0.240 e. The van der Waals surface area contributed by atoms with Crippen LogP contribution in [-0.4, -0.2) is 23.9 Å². The van der Waals surface area contributed by atoms with Crippen LogP contribution in [0.15, 0.2) is 0 Å². The quantitative estimate of drug-likeness (QED) is 0.409. The van der Waals surface area contributed by atoms with Gasteiger partial charge in [0, 0.05) is 12.8 Å². The molecule has 0 aromatic carbocycles. The number of nitrogens with zero attached hydrogens (tertiary/aromatic N) is 1. The predicted octanol–water partition coefficient (Wildman–Crippen LogP) is 2.30. The van der Waals surface area contributed by atoms with Gasteiger partial charge >= 0.3 is 0 Å². The first-order valence-corrected chi connectivity index (χ1v) is 4.29. The van der Waals surface area contributed by atoms with E-state index in [0.717, 1.165) is 6.54 Å². The summed E-state index contributed by atoms with van der Waals surface area (Å²) in [5, 5.41) is 0. The molecule has 1 nitrogen and oxygen atoms in total. The first-order chi connectivity index (χ1) is 4.72. The monoisotopic (exact) mass is 142 g/mol. The summed E-state index contributed by atoms with van der Waals surface area (Å²) in [6, 6.07) is 0.645. The average Bonchev–Trinajstić information content (AvgIpc) is 1.98. The van der Waals surface area contributed by atoms with Crippen LogP contribution in [0.1, 0.15) is 40.0 Å². The Balaban J connectivity index is 3.42. The van der Waals surface area contributed by atoms with Crippen molar-refractivity contribution in [3.63, 3.8) is 0 Å². The summed E-state index contributed by atoms with van der Waals surface area (Å²) in [7, 11) is 0. The van der Waals surface area contributed by atoms with E-state index in [1.165, 1.54) is 19.3 Å². The summed E-state index contributed by atoms with van der Waals surface area (Å²) in [5.74, 6) is 0. The van der Waals surface area contributed by atoms with E-state index in [2.05, 4.69) is 32.1 Å². The summed E-state index contributed by atoms with van der Waals surface area (Å²) >= 11 is 0. The van der Waals surface area contributed by atoms with Crippen molar-refractivity contribution in [3.8, 4) is 0 Å². The van der Waals surface area contributed by atoms with Crippen LogP contribution in [0.2, 0.25) is 0 Å². The maximum atomic E-state index is 3.98. The van der Waals surface area contributed by atoms with Crippen LogP contribution in [0.25, 0.3) is 0 Å². The van der Waals surface area contributed by atoms with E-state index in [1.54, 1.807) is 0 Å². The van der Waals surface area contributed by atoms with Gasteiger partial charge in [-0.3, -0.25) is 0 Å². The van der Waals surface area contributed by atoms with Crippen molar-refractivity contribution in [2.24, 2.45) is 0 Å². The second kappa shape index (κ2) is 5.45. The molecule has 0 rings (SSSR count).